The number of carbonyl (C=O) groups is 1. The van der Waals surface area contributed by atoms with E-state index < -0.39 is 0 Å². The predicted molar refractivity (Wildman–Crippen MR) is 61.3 cm³/mol. The van der Waals surface area contributed by atoms with E-state index in [0.29, 0.717) is 0 Å². The molecule has 1 aliphatic rings. The molecule has 1 aromatic rings. The highest BCUT2D eigenvalue weighted by atomic mass is 16.3. The molecule has 1 N–H and O–H groups in total. The van der Waals surface area contributed by atoms with Crippen molar-refractivity contribution in [2.24, 2.45) is 11.0 Å². The highest BCUT2D eigenvalue weighted by molar-refractivity contribution is 6.00. The predicted octanol–water partition coefficient (Wildman–Crippen LogP) is 2.15. The van der Waals surface area contributed by atoms with Gasteiger partial charge >= 0.3 is 0 Å². The number of amides is 1. The van der Waals surface area contributed by atoms with Crippen molar-refractivity contribution >= 4 is 11.6 Å². The molecule has 1 amide bonds. The van der Waals surface area contributed by atoms with E-state index in [1.165, 1.54) is 0 Å². The molecule has 0 spiro atoms. The highest BCUT2D eigenvalue weighted by Crippen LogP contribution is 2.28. The van der Waals surface area contributed by atoms with E-state index in [0.717, 1.165) is 35.6 Å². The van der Waals surface area contributed by atoms with Crippen molar-refractivity contribution in [3.8, 4) is 0 Å². The number of nitrogens with zero attached hydrogens (tertiary/aromatic N) is 1. The van der Waals surface area contributed by atoms with Crippen molar-refractivity contribution in [1.82, 2.24) is 5.43 Å². The molecule has 0 atom stereocenters. The maximum absolute atomic E-state index is 11.4. The van der Waals surface area contributed by atoms with Gasteiger partial charge in [-0.2, -0.15) is 5.10 Å². The minimum Gasteiger partial charge on any atom is -0.466 e. The monoisotopic (exact) mass is 220 g/mol. The van der Waals surface area contributed by atoms with Crippen molar-refractivity contribution in [1.29, 1.82) is 0 Å². The van der Waals surface area contributed by atoms with Gasteiger partial charge in [0.15, 0.2) is 0 Å². The number of rotatable bonds is 3. The van der Waals surface area contributed by atoms with Crippen molar-refractivity contribution in [2.45, 2.75) is 33.6 Å². The van der Waals surface area contributed by atoms with Gasteiger partial charge in [-0.3, -0.25) is 4.79 Å². The summed E-state index contributed by atoms with van der Waals surface area (Å²) in [6.45, 7) is 5.65. The van der Waals surface area contributed by atoms with Gasteiger partial charge in [-0.1, -0.05) is 0 Å². The normalized spacial score (nSPS) is 16.3. The first-order valence-electron chi connectivity index (χ1n) is 5.49. The van der Waals surface area contributed by atoms with Crippen LogP contribution in [0.2, 0.25) is 0 Å². The number of nitrogens with one attached hydrogen (secondary N) is 1. The highest BCUT2D eigenvalue weighted by Gasteiger charge is 2.29. The lowest BCUT2D eigenvalue weighted by molar-refractivity contribution is -0.122. The van der Waals surface area contributed by atoms with Crippen LogP contribution >= 0.6 is 0 Å². The third-order valence-electron chi connectivity index (χ3n) is 2.71. The smallest absolute Gasteiger partial charge is 0.243 e. The van der Waals surface area contributed by atoms with Crippen LogP contribution < -0.4 is 5.43 Å². The zero-order valence-corrected chi connectivity index (χ0v) is 9.83. The first kappa shape index (κ1) is 10.9. The summed E-state index contributed by atoms with van der Waals surface area (Å²) in [5.41, 5.74) is 4.32. The van der Waals surface area contributed by atoms with Crippen LogP contribution in [0.5, 0.6) is 0 Å². The quantitative estimate of drug-likeness (QED) is 0.626. The molecule has 86 valence electrons. The molecule has 1 aromatic heterocycles. The maximum atomic E-state index is 11.4. The molecule has 4 heteroatoms. The van der Waals surface area contributed by atoms with Gasteiger partial charge in [-0.25, -0.2) is 5.43 Å². The number of hydrogen-bond acceptors (Lipinski definition) is 3. The Morgan fingerprint density at radius 1 is 1.50 bits per heavy atom. The summed E-state index contributed by atoms with van der Waals surface area (Å²) in [6, 6.07) is 1.93. The molecule has 4 nitrogen and oxygen atoms in total. The average Bonchev–Trinajstić information content (AvgIpc) is 3.01. The SMILES string of the molecule is C/C(=N/NC(=O)C1CC1)c1cc(C)oc1C. The number of hydrogen-bond donors (Lipinski definition) is 1. The van der Waals surface area contributed by atoms with Gasteiger partial charge in [-0.15, -0.1) is 0 Å². The Labute approximate surface area is 94.7 Å². The lowest BCUT2D eigenvalue weighted by Gasteiger charge is -2.00. The molecule has 1 fully saturated rings. The minimum absolute atomic E-state index is 0.0252. The molecule has 0 bridgehead atoms. The molecule has 0 saturated heterocycles. The fraction of sp³-hybridized carbons (Fsp3) is 0.500. The topological polar surface area (TPSA) is 54.6 Å². The molecule has 1 aliphatic carbocycles. The first-order valence-corrected chi connectivity index (χ1v) is 5.49. The number of aryl methyl sites for hydroxylation is 2. The second-order valence-corrected chi connectivity index (χ2v) is 4.27. The van der Waals surface area contributed by atoms with Gasteiger partial charge in [0.05, 0.1) is 5.71 Å². The van der Waals surface area contributed by atoms with Crippen LogP contribution in [0.4, 0.5) is 0 Å². The van der Waals surface area contributed by atoms with E-state index >= 15 is 0 Å². The molecule has 16 heavy (non-hydrogen) atoms. The molecule has 2 rings (SSSR count). The number of furan rings is 1. The molecule has 1 heterocycles. The summed E-state index contributed by atoms with van der Waals surface area (Å²) >= 11 is 0. The van der Waals surface area contributed by atoms with Gasteiger partial charge in [-0.05, 0) is 39.7 Å². The third-order valence-corrected chi connectivity index (χ3v) is 2.71. The average molecular weight is 220 g/mol. The van der Waals surface area contributed by atoms with E-state index in [4.69, 9.17) is 4.42 Å². The van der Waals surface area contributed by atoms with Crippen molar-refractivity contribution in [2.75, 3.05) is 0 Å². The largest absolute Gasteiger partial charge is 0.466 e. The van der Waals surface area contributed by atoms with Gasteiger partial charge in [0.25, 0.3) is 0 Å². The van der Waals surface area contributed by atoms with Crippen molar-refractivity contribution < 1.29 is 9.21 Å². The number of hydrazone groups is 1. The minimum atomic E-state index is 0.0252. The zero-order chi connectivity index (χ0) is 11.7. The summed E-state index contributed by atoms with van der Waals surface area (Å²) in [6.07, 6.45) is 1.98. The van der Waals surface area contributed by atoms with E-state index in [-0.39, 0.29) is 11.8 Å². The Morgan fingerprint density at radius 3 is 2.69 bits per heavy atom. The Balaban J connectivity index is 2.05. The fourth-order valence-electron chi connectivity index (χ4n) is 1.63. The molecule has 0 aliphatic heterocycles. The Bertz CT molecular complexity index is 442. The lowest BCUT2D eigenvalue weighted by atomic mass is 10.2. The summed E-state index contributed by atoms with van der Waals surface area (Å²) in [7, 11) is 0. The first-order chi connectivity index (χ1) is 7.58. The fourth-order valence-corrected chi connectivity index (χ4v) is 1.63. The lowest BCUT2D eigenvalue weighted by Crippen LogP contribution is -2.20. The van der Waals surface area contributed by atoms with Crippen LogP contribution in [0.1, 0.15) is 36.8 Å². The third kappa shape index (κ3) is 2.32. The second-order valence-electron chi connectivity index (χ2n) is 4.27. The maximum Gasteiger partial charge on any atom is 0.243 e. The molecule has 0 aromatic carbocycles. The molecule has 1 saturated carbocycles. The standard InChI is InChI=1S/C12H16N2O2/c1-7-6-11(9(3)16-7)8(2)13-14-12(15)10-4-5-10/h6,10H,4-5H2,1-3H3,(H,14,15)/b13-8-. The van der Waals surface area contributed by atoms with Crippen molar-refractivity contribution in [3.05, 3.63) is 23.2 Å². The molecule has 0 radical (unpaired) electrons. The van der Waals surface area contributed by atoms with Crippen molar-refractivity contribution in [3.63, 3.8) is 0 Å². The summed E-state index contributed by atoms with van der Waals surface area (Å²) in [4.78, 5) is 11.4. The molecule has 0 unspecified atom stereocenters. The van der Waals surface area contributed by atoms with Gasteiger partial charge in [0, 0.05) is 11.5 Å². The van der Waals surface area contributed by atoms with Gasteiger partial charge < -0.3 is 4.42 Å². The van der Waals surface area contributed by atoms with Gasteiger partial charge in [0.1, 0.15) is 11.5 Å². The molecular formula is C12H16N2O2. The Hall–Kier alpha value is -1.58. The Kier molecular flexibility index (Phi) is 2.81. The van der Waals surface area contributed by atoms with E-state index in [1.54, 1.807) is 0 Å². The summed E-state index contributed by atoms with van der Waals surface area (Å²) in [5.74, 6) is 1.90. The van der Waals surface area contributed by atoms with E-state index in [9.17, 15) is 4.79 Å². The summed E-state index contributed by atoms with van der Waals surface area (Å²) in [5, 5.41) is 4.09. The molecular weight excluding hydrogens is 204 g/mol. The second kappa shape index (κ2) is 4.12. The zero-order valence-electron chi connectivity index (χ0n) is 9.83. The van der Waals surface area contributed by atoms with Crippen LogP contribution in [0, 0.1) is 19.8 Å². The van der Waals surface area contributed by atoms with Crippen LogP contribution in [-0.4, -0.2) is 11.6 Å². The van der Waals surface area contributed by atoms with Gasteiger partial charge in [0.2, 0.25) is 5.91 Å². The Morgan fingerprint density at radius 2 is 2.19 bits per heavy atom. The van der Waals surface area contributed by atoms with Crippen LogP contribution in [0.25, 0.3) is 0 Å². The van der Waals surface area contributed by atoms with E-state index in [1.807, 2.05) is 26.8 Å². The summed E-state index contributed by atoms with van der Waals surface area (Å²) < 4.78 is 5.41. The van der Waals surface area contributed by atoms with Crippen LogP contribution in [0.3, 0.4) is 0 Å². The van der Waals surface area contributed by atoms with Crippen LogP contribution in [0.15, 0.2) is 15.6 Å². The number of carbonyl (C=O) groups excluding carboxylic acids is 1. The van der Waals surface area contributed by atoms with E-state index in [2.05, 4.69) is 10.5 Å². The van der Waals surface area contributed by atoms with Crippen LogP contribution in [-0.2, 0) is 4.79 Å².